The van der Waals surface area contributed by atoms with E-state index in [1.165, 1.54) is 5.56 Å². The monoisotopic (exact) mass is 231 g/mol. The number of rotatable bonds is 5. The SMILES string of the molecule is CCc1cccc(OCc2ncc(CN)[nH]2)c1. The molecule has 2 rings (SSSR count). The van der Waals surface area contributed by atoms with Gasteiger partial charge in [0.2, 0.25) is 0 Å². The molecule has 0 spiro atoms. The molecule has 0 bridgehead atoms. The number of benzene rings is 1. The van der Waals surface area contributed by atoms with Crippen LogP contribution in [0, 0.1) is 0 Å². The zero-order valence-corrected chi connectivity index (χ0v) is 9.94. The van der Waals surface area contributed by atoms with E-state index >= 15 is 0 Å². The van der Waals surface area contributed by atoms with Gasteiger partial charge in [-0.15, -0.1) is 0 Å². The molecule has 90 valence electrons. The Kier molecular flexibility index (Phi) is 3.77. The van der Waals surface area contributed by atoms with Crippen molar-refractivity contribution >= 4 is 0 Å². The molecule has 17 heavy (non-hydrogen) atoms. The summed E-state index contributed by atoms with van der Waals surface area (Å²) in [5.41, 5.74) is 7.69. The van der Waals surface area contributed by atoms with Crippen LogP contribution in [0.5, 0.6) is 5.75 Å². The molecule has 1 aromatic carbocycles. The Labute approximate surface area is 101 Å². The van der Waals surface area contributed by atoms with Gasteiger partial charge in [-0.2, -0.15) is 0 Å². The van der Waals surface area contributed by atoms with Gasteiger partial charge in [0.15, 0.2) is 0 Å². The topological polar surface area (TPSA) is 63.9 Å². The molecule has 0 saturated carbocycles. The highest BCUT2D eigenvalue weighted by Gasteiger charge is 2.01. The first-order valence-corrected chi connectivity index (χ1v) is 5.76. The van der Waals surface area contributed by atoms with Crippen molar-refractivity contribution in [2.24, 2.45) is 5.73 Å². The Hall–Kier alpha value is -1.81. The van der Waals surface area contributed by atoms with E-state index < -0.39 is 0 Å². The lowest BCUT2D eigenvalue weighted by Gasteiger charge is -2.05. The van der Waals surface area contributed by atoms with E-state index in [1.54, 1.807) is 6.20 Å². The largest absolute Gasteiger partial charge is 0.486 e. The van der Waals surface area contributed by atoms with E-state index in [0.717, 1.165) is 23.7 Å². The number of imidazole rings is 1. The number of aromatic nitrogens is 2. The number of H-pyrrole nitrogens is 1. The van der Waals surface area contributed by atoms with Crippen LogP contribution in [0.4, 0.5) is 0 Å². The molecule has 1 aromatic heterocycles. The normalized spacial score (nSPS) is 10.5. The summed E-state index contributed by atoms with van der Waals surface area (Å²) < 4.78 is 5.66. The first-order chi connectivity index (χ1) is 8.31. The zero-order valence-electron chi connectivity index (χ0n) is 9.94. The van der Waals surface area contributed by atoms with E-state index in [2.05, 4.69) is 23.0 Å². The maximum Gasteiger partial charge on any atom is 0.146 e. The minimum Gasteiger partial charge on any atom is -0.486 e. The average molecular weight is 231 g/mol. The molecule has 0 aliphatic heterocycles. The number of nitrogens with zero attached hydrogens (tertiary/aromatic N) is 1. The summed E-state index contributed by atoms with van der Waals surface area (Å²) in [6, 6.07) is 8.09. The Morgan fingerprint density at radius 3 is 3.00 bits per heavy atom. The van der Waals surface area contributed by atoms with Crippen molar-refractivity contribution < 1.29 is 4.74 Å². The highest BCUT2D eigenvalue weighted by Crippen LogP contribution is 2.14. The third-order valence-electron chi connectivity index (χ3n) is 2.58. The van der Waals surface area contributed by atoms with E-state index in [0.29, 0.717) is 13.2 Å². The molecule has 2 aromatic rings. The predicted molar refractivity (Wildman–Crippen MR) is 66.6 cm³/mol. The quantitative estimate of drug-likeness (QED) is 0.827. The van der Waals surface area contributed by atoms with Crippen LogP contribution in [-0.2, 0) is 19.6 Å². The summed E-state index contributed by atoms with van der Waals surface area (Å²) >= 11 is 0. The fraction of sp³-hybridized carbons (Fsp3) is 0.308. The number of aryl methyl sites for hydroxylation is 1. The molecule has 1 heterocycles. The number of hydrogen-bond acceptors (Lipinski definition) is 3. The number of nitrogens with one attached hydrogen (secondary N) is 1. The second-order valence-electron chi connectivity index (χ2n) is 3.85. The number of nitrogens with two attached hydrogens (primary N) is 1. The molecule has 3 N–H and O–H groups in total. The van der Waals surface area contributed by atoms with Gasteiger partial charge >= 0.3 is 0 Å². The van der Waals surface area contributed by atoms with Gasteiger partial charge in [-0.25, -0.2) is 4.98 Å². The molecule has 4 heteroatoms. The fourth-order valence-corrected chi connectivity index (χ4v) is 1.59. The van der Waals surface area contributed by atoms with Gasteiger partial charge in [0.25, 0.3) is 0 Å². The van der Waals surface area contributed by atoms with E-state index in [-0.39, 0.29) is 0 Å². The lowest BCUT2D eigenvalue weighted by molar-refractivity contribution is 0.296. The van der Waals surface area contributed by atoms with Crippen molar-refractivity contribution in [2.75, 3.05) is 0 Å². The molecule has 0 radical (unpaired) electrons. The molecule has 0 amide bonds. The highest BCUT2D eigenvalue weighted by molar-refractivity contribution is 5.28. The van der Waals surface area contributed by atoms with Crippen molar-refractivity contribution in [1.29, 1.82) is 0 Å². The number of aromatic amines is 1. The van der Waals surface area contributed by atoms with E-state index in [9.17, 15) is 0 Å². The minimum absolute atomic E-state index is 0.438. The van der Waals surface area contributed by atoms with Crippen LogP contribution in [0.3, 0.4) is 0 Å². The third-order valence-corrected chi connectivity index (χ3v) is 2.58. The first-order valence-electron chi connectivity index (χ1n) is 5.76. The molecular formula is C13H17N3O. The Morgan fingerprint density at radius 2 is 2.29 bits per heavy atom. The fourth-order valence-electron chi connectivity index (χ4n) is 1.59. The van der Waals surface area contributed by atoms with Crippen molar-refractivity contribution in [3.05, 3.63) is 47.5 Å². The second-order valence-corrected chi connectivity index (χ2v) is 3.85. The first kappa shape index (κ1) is 11.7. The standard InChI is InChI=1S/C13H17N3O/c1-2-10-4-3-5-12(6-10)17-9-13-15-8-11(7-14)16-13/h3-6,8H,2,7,9,14H2,1H3,(H,15,16). The van der Waals surface area contributed by atoms with Gasteiger partial charge in [-0.05, 0) is 24.1 Å². The van der Waals surface area contributed by atoms with Gasteiger partial charge in [-0.1, -0.05) is 19.1 Å². The van der Waals surface area contributed by atoms with Crippen molar-refractivity contribution in [1.82, 2.24) is 9.97 Å². The Balaban J connectivity index is 1.96. The maximum atomic E-state index is 5.66. The zero-order chi connectivity index (χ0) is 12.1. The predicted octanol–water partition coefficient (Wildman–Crippen LogP) is 2.01. The maximum absolute atomic E-state index is 5.66. The van der Waals surface area contributed by atoms with Gasteiger partial charge in [0.05, 0.1) is 0 Å². The summed E-state index contributed by atoms with van der Waals surface area (Å²) in [6.45, 7) is 3.03. The summed E-state index contributed by atoms with van der Waals surface area (Å²) in [7, 11) is 0. The smallest absolute Gasteiger partial charge is 0.146 e. The number of hydrogen-bond donors (Lipinski definition) is 2. The van der Waals surface area contributed by atoms with Crippen LogP contribution in [-0.4, -0.2) is 9.97 Å². The van der Waals surface area contributed by atoms with Crippen LogP contribution in [0.2, 0.25) is 0 Å². The van der Waals surface area contributed by atoms with Crippen LogP contribution in [0.1, 0.15) is 24.0 Å². The van der Waals surface area contributed by atoms with Gasteiger partial charge in [-0.3, -0.25) is 0 Å². The van der Waals surface area contributed by atoms with Crippen LogP contribution < -0.4 is 10.5 Å². The van der Waals surface area contributed by atoms with Crippen LogP contribution >= 0.6 is 0 Å². The molecule has 0 unspecified atom stereocenters. The minimum atomic E-state index is 0.438. The summed E-state index contributed by atoms with van der Waals surface area (Å²) in [4.78, 5) is 7.28. The van der Waals surface area contributed by atoms with Gasteiger partial charge in [0, 0.05) is 18.4 Å². The summed E-state index contributed by atoms with van der Waals surface area (Å²) in [5.74, 6) is 1.67. The van der Waals surface area contributed by atoms with E-state index in [4.69, 9.17) is 10.5 Å². The van der Waals surface area contributed by atoms with Gasteiger partial charge in [0.1, 0.15) is 18.2 Å². The molecule has 0 atom stereocenters. The Bertz CT molecular complexity index is 479. The second kappa shape index (κ2) is 5.50. The molecule has 0 aliphatic rings. The highest BCUT2D eigenvalue weighted by atomic mass is 16.5. The molecule has 4 nitrogen and oxygen atoms in total. The average Bonchev–Trinajstić information content (AvgIpc) is 2.84. The Morgan fingerprint density at radius 1 is 1.41 bits per heavy atom. The van der Waals surface area contributed by atoms with E-state index in [1.807, 2.05) is 18.2 Å². The lowest BCUT2D eigenvalue weighted by atomic mass is 10.2. The third kappa shape index (κ3) is 3.07. The molecule has 0 saturated heterocycles. The van der Waals surface area contributed by atoms with Crippen molar-refractivity contribution in [3.63, 3.8) is 0 Å². The van der Waals surface area contributed by atoms with Crippen LogP contribution in [0.15, 0.2) is 30.5 Å². The summed E-state index contributed by atoms with van der Waals surface area (Å²) in [6.07, 6.45) is 2.75. The molecular weight excluding hydrogens is 214 g/mol. The summed E-state index contributed by atoms with van der Waals surface area (Å²) in [5, 5.41) is 0. The molecule has 0 aliphatic carbocycles. The van der Waals surface area contributed by atoms with Crippen molar-refractivity contribution in [2.45, 2.75) is 26.5 Å². The number of ether oxygens (including phenoxy) is 1. The van der Waals surface area contributed by atoms with Gasteiger partial charge < -0.3 is 15.5 Å². The van der Waals surface area contributed by atoms with Crippen molar-refractivity contribution in [3.8, 4) is 5.75 Å². The van der Waals surface area contributed by atoms with Crippen LogP contribution in [0.25, 0.3) is 0 Å². The lowest BCUT2D eigenvalue weighted by Crippen LogP contribution is -2.00. The molecule has 0 fully saturated rings.